The Morgan fingerprint density at radius 2 is 2.13 bits per heavy atom. The molecule has 0 bridgehead atoms. The van der Waals surface area contributed by atoms with Gasteiger partial charge in [-0.1, -0.05) is 17.7 Å². The minimum absolute atomic E-state index is 0.552. The molecular formula is C11H16ClNO2. The van der Waals surface area contributed by atoms with E-state index in [0.29, 0.717) is 24.8 Å². The zero-order chi connectivity index (χ0) is 11.1. The van der Waals surface area contributed by atoms with E-state index in [1.54, 1.807) is 13.2 Å². The summed E-state index contributed by atoms with van der Waals surface area (Å²) in [4.78, 5) is 0. The van der Waals surface area contributed by atoms with E-state index < -0.39 is 0 Å². The molecule has 0 heterocycles. The molecule has 2 N–H and O–H groups in total. The minimum Gasteiger partial charge on any atom is -0.497 e. The summed E-state index contributed by atoms with van der Waals surface area (Å²) >= 11 is 6.06. The topological polar surface area (TPSA) is 44.5 Å². The molecule has 15 heavy (non-hydrogen) atoms. The number of benzene rings is 1. The van der Waals surface area contributed by atoms with Gasteiger partial charge in [-0.15, -0.1) is 0 Å². The van der Waals surface area contributed by atoms with Crippen molar-refractivity contribution in [2.45, 2.75) is 6.42 Å². The molecule has 0 radical (unpaired) electrons. The van der Waals surface area contributed by atoms with Crippen LogP contribution in [0.25, 0.3) is 0 Å². The standard InChI is InChI=1S/C11H16ClNO2/c1-14-10-3-2-9(11(12)8-10)4-6-15-7-5-13/h2-3,8H,4-7,13H2,1H3. The maximum Gasteiger partial charge on any atom is 0.120 e. The van der Waals surface area contributed by atoms with Crippen LogP contribution in [0.4, 0.5) is 0 Å². The molecule has 1 rings (SSSR count). The summed E-state index contributed by atoms with van der Waals surface area (Å²) in [6, 6.07) is 5.65. The number of nitrogens with two attached hydrogens (primary N) is 1. The lowest BCUT2D eigenvalue weighted by Gasteiger charge is -2.06. The highest BCUT2D eigenvalue weighted by Crippen LogP contribution is 2.22. The van der Waals surface area contributed by atoms with Gasteiger partial charge in [-0.2, -0.15) is 0 Å². The van der Waals surface area contributed by atoms with Crippen LogP contribution in [0.5, 0.6) is 5.75 Å². The summed E-state index contributed by atoms with van der Waals surface area (Å²) < 4.78 is 10.3. The van der Waals surface area contributed by atoms with Crippen LogP contribution in [-0.2, 0) is 11.2 Å². The van der Waals surface area contributed by atoms with Crippen molar-refractivity contribution in [1.29, 1.82) is 0 Å². The van der Waals surface area contributed by atoms with Crippen molar-refractivity contribution in [3.8, 4) is 5.75 Å². The molecule has 1 aromatic rings. The Morgan fingerprint density at radius 3 is 2.73 bits per heavy atom. The van der Waals surface area contributed by atoms with Gasteiger partial charge < -0.3 is 15.2 Å². The quantitative estimate of drug-likeness (QED) is 0.758. The van der Waals surface area contributed by atoms with E-state index in [4.69, 9.17) is 26.8 Å². The molecule has 0 aliphatic heterocycles. The van der Waals surface area contributed by atoms with Gasteiger partial charge >= 0.3 is 0 Å². The molecule has 0 fully saturated rings. The van der Waals surface area contributed by atoms with Gasteiger partial charge in [0.15, 0.2) is 0 Å². The predicted molar refractivity (Wildman–Crippen MR) is 61.6 cm³/mol. The Bertz CT molecular complexity index is 305. The lowest BCUT2D eigenvalue weighted by Crippen LogP contribution is -2.10. The van der Waals surface area contributed by atoms with Gasteiger partial charge in [0.1, 0.15) is 5.75 Å². The Hall–Kier alpha value is -0.770. The third-order valence-electron chi connectivity index (χ3n) is 2.04. The number of rotatable bonds is 6. The van der Waals surface area contributed by atoms with Gasteiger partial charge in [-0.3, -0.25) is 0 Å². The Balaban J connectivity index is 2.47. The average Bonchev–Trinajstić information content (AvgIpc) is 2.26. The largest absolute Gasteiger partial charge is 0.497 e. The second-order valence-corrected chi connectivity index (χ2v) is 3.52. The molecule has 0 spiro atoms. The Kier molecular flexibility index (Phi) is 5.47. The zero-order valence-electron chi connectivity index (χ0n) is 8.83. The molecule has 3 nitrogen and oxygen atoms in total. The molecular weight excluding hydrogens is 214 g/mol. The molecule has 0 atom stereocenters. The number of halogens is 1. The molecule has 84 valence electrons. The molecule has 0 aliphatic rings. The molecule has 4 heteroatoms. The van der Waals surface area contributed by atoms with E-state index in [2.05, 4.69) is 0 Å². The van der Waals surface area contributed by atoms with Gasteiger partial charge in [0.2, 0.25) is 0 Å². The molecule has 0 aliphatic carbocycles. The maximum absolute atomic E-state index is 6.06. The normalized spacial score (nSPS) is 10.3. The van der Waals surface area contributed by atoms with Crippen molar-refractivity contribution in [2.24, 2.45) is 5.73 Å². The van der Waals surface area contributed by atoms with E-state index in [1.807, 2.05) is 12.1 Å². The van der Waals surface area contributed by atoms with Gasteiger partial charge in [-0.25, -0.2) is 0 Å². The first-order valence-corrected chi connectivity index (χ1v) is 5.26. The van der Waals surface area contributed by atoms with Crippen molar-refractivity contribution in [3.63, 3.8) is 0 Å². The third kappa shape index (κ3) is 4.08. The average molecular weight is 230 g/mol. The lowest BCUT2D eigenvalue weighted by atomic mass is 10.1. The molecule has 0 aromatic heterocycles. The van der Waals surface area contributed by atoms with Crippen molar-refractivity contribution in [3.05, 3.63) is 28.8 Å². The van der Waals surface area contributed by atoms with Crippen LogP contribution in [0.3, 0.4) is 0 Å². The van der Waals surface area contributed by atoms with E-state index in [0.717, 1.165) is 17.7 Å². The fourth-order valence-electron chi connectivity index (χ4n) is 1.23. The minimum atomic E-state index is 0.552. The number of hydrogen-bond acceptors (Lipinski definition) is 3. The predicted octanol–water partition coefficient (Wildman–Crippen LogP) is 1.87. The lowest BCUT2D eigenvalue weighted by molar-refractivity contribution is 0.145. The first-order valence-electron chi connectivity index (χ1n) is 4.88. The highest BCUT2D eigenvalue weighted by molar-refractivity contribution is 6.31. The van der Waals surface area contributed by atoms with Crippen molar-refractivity contribution in [1.82, 2.24) is 0 Å². The first-order chi connectivity index (χ1) is 7.27. The monoisotopic (exact) mass is 229 g/mol. The fourth-order valence-corrected chi connectivity index (χ4v) is 1.49. The SMILES string of the molecule is COc1ccc(CCOCCN)c(Cl)c1. The van der Waals surface area contributed by atoms with Crippen LogP contribution in [-0.4, -0.2) is 26.9 Å². The van der Waals surface area contributed by atoms with Crippen LogP contribution in [0.2, 0.25) is 5.02 Å². The van der Waals surface area contributed by atoms with Crippen LogP contribution >= 0.6 is 11.6 Å². The second kappa shape index (κ2) is 6.67. The number of methoxy groups -OCH3 is 1. The summed E-state index contributed by atoms with van der Waals surface area (Å²) in [5.41, 5.74) is 6.37. The Morgan fingerprint density at radius 1 is 1.33 bits per heavy atom. The van der Waals surface area contributed by atoms with Crippen molar-refractivity contribution < 1.29 is 9.47 Å². The van der Waals surface area contributed by atoms with Gasteiger partial charge in [0, 0.05) is 11.6 Å². The first kappa shape index (κ1) is 12.3. The van der Waals surface area contributed by atoms with Crippen LogP contribution in [0.1, 0.15) is 5.56 Å². The summed E-state index contributed by atoms with van der Waals surface area (Å²) in [6.45, 7) is 1.79. The number of ether oxygens (including phenoxy) is 2. The smallest absolute Gasteiger partial charge is 0.120 e. The van der Waals surface area contributed by atoms with Crippen molar-refractivity contribution in [2.75, 3.05) is 26.9 Å². The number of hydrogen-bond donors (Lipinski definition) is 1. The molecule has 1 aromatic carbocycles. The van der Waals surface area contributed by atoms with Crippen LogP contribution < -0.4 is 10.5 Å². The fraction of sp³-hybridized carbons (Fsp3) is 0.455. The summed E-state index contributed by atoms with van der Waals surface area (Å²) in [5, 5.41) is 0.714. The van der Waals surface area contributed by atoms with E-state index in [9.17, 15) is 0 Å². The summed E-state index contributed by atoms with van der Waals surface area (Å²) in [5.74, 6) is 0.770. The molecule has 0 saturated carbocycles. The Labute approximate surface area is 95.1 Å². The van der Waals surface area contributed by atoms with Crippen LogP contribution in [0, 0.1) is 0 Å². The highest BCUT2D eigenvalue weighted by Gasteiger charge is 2.01. The molecule has 0 amide bonds. The van der Waals surface area contributed by atoms with E-state index in [1.165, 1.54) is 0 Å². The van der Waals surface area contributed by atoms with Crippen LogP contribution in [0.15, 0.2) is 18.2 Å². The second-order valence-electron chi connectivity index (χ2n) is 3.11. The summed E-state index contributed by atoms with van der Waals surface area (Å²) in [6.07, 6.45) is 0.794. The molecule has 0 unspecified atom stereocenters. The molecule has 0 saturated heterocycles. The van der Waals surface area contributed by atoms with E-state index >= 15 is 0 Å². The van der Waals surface area contributed by atoms with Gasteiger partial charge in [0.05, 0.1) is 20.3 Å². The van der Waals surface area contributed by atoms with E-state index in [-0.39, 0.29) is 0 Å². The zero-order valence-corrected chi connectivity index (χ0v) is 9.59. The van der Waals surface area contributed by atoms with Gasteiger partial charge in [-0.05, 0) is 24.1 Å². The van der Waals surface area contributed by atoms with Crippen molar-refractivity contribution >= 4 is 11.6 Å². The maximum atomic E-state index is 6.06. The third-order valence-corrected chi connectivity index (χ3v) is 2.39. The highest BCUT2D eigenvalue weighted by atomic mass is 35.5. The summed E-state index contributed by atoms with van der Waals surface area (Å²) in [7, 11) is 1.62. The van der Waals surface area contributed by atoms with Gasteiger partial charge in [0.25, 0.3) is 0 Å².